The van der Waals surface area contributed by atoms with Crippen LogP contribution < -0.4 is 0 Å². The van der Waals surface area contributed by atoms with Crippen molar-refractivity contribution in [3.63, 3.8) is 0 Å². The third-order valence-corrected chi connectivity index (χ3v) is 3.85. The molecule has 0 aromatic heterocycles. The zero-order valence-electron chi connectivity index (χ0n) is 9.55. The van der Waals surface area contributed by atoms with Crippen LogP contribution in [0.1, 0.15) is 25.3 Å². The highest BCUT2D eigenvalue weighted by molar-refractivity contribution is 9.10. The van der Waals surface area contributed by atoms with Crippen LogP contribution in [-0.2, 0) is 6.54 Å². The lowest BCUT2D eigenvalue weighted by atomic mass is 10.1. The normalized spacial score (nSPS) is 21.6. The summed E-state index contributed by atoms with van der Waals surface area (Å²) in [4.78, 5) is 2.35. The van der Waals surface area contributed by atoms with Crippen molar-refractivity contribution in [3.05, 3.63) is 34.1 Å². The molecule has 0 saturated carbocycles. The second-order valence-electron chi connectivity index (χ2n) is 4.53. The minimum Gasteiger partial charge on any atom is -0.299 e. The Bertz CT molecular complexity index is 367. The van der Waals surface area contributed by atoms with Gasteiger partial charge in [-0.15, -0.1) is 0 Å². The van der Waals surface area contributed by atoms with Crippen LogP contribution in [0.5, 0.6) is 0 Å². The molecule has 0 N–H and O–H groups in total. The van der Waals surface area contributed by atoms with E-state index in [4.69, 9.17) is 0 Å². The van der Waals surface area contributed by atoms with Crippen LogP contribution in [-0.4, -0.2) is 18.0 Å². The van der Waals surface area contributed by atoms with Crippen LogP contribution in [0.15, 0.2) is 22.7 Å². The van der Waals surface area contributed by atoms with Gasteiger partial charge in [-0.1, -0.05) is 35.3 Å². The number of rotatable bonds is 3. The molecule has 16 heavy (non-hydrogen) atoms. The summed E-state index contributed by atoms with van der Waals surface area (Å²) < 4.78 is 14.4. The van der Waals surface area contributed by atoms with Crippen molar-refractivity contribution in [1.29, 1.82) is 0 Å². The largest absolute Gasteiger partial charge is 0.299 e. The van der Waals surface area contributed by atoms with E-state index in [1.165, 1.54) is 12.8 Å². The third kappa shape index (κ3) is 2.83. The fourth-order valence-electron chi connectivity index (χ4n) is 2.28. The van der Waals surface area contributed by atoms with Crippen LogP contribution in [0.25, 0.3) is 0 Å². The first-order valence-corrected chi connectivity index (χ1v) is 6.64. The van der Waals surface area contributed by atoms with Gasteiger partial charge in [0, 0.05) is 23.1 Å². The van der Waals surface area contributed by atoms with Crippen LogP contribution in [0.3, 0.4) is 0 Å². The van der Waals surface area contributed by atoms with Gasteiger partial charge in [0.2, 0.25) is 0 Å². The second kappa shape index (κ2) is 5.28. The van der Waals surface area contributed by atoms with Gasteiger partial charge in [0.15, 0.2) is 0 Å². The molecule has 1 heterocycles. The zero-order valence-corrected chi connectivity index (χ0v) is 11.1. The Morgan fingerprint density at radius 3 is 2.94 bits per heavy atom. The summed E-state index contributed by atoms with van der Waals surface area (Å²) in [5.74, 6) is 0.702. The SMILES string of the molecule is CCC1CCN(Cc2ccc(Br)cc2F)C1. The van der Waals surface area contributed by atoms with Gasteiger partial charge in [0.25, 0.3) is 0 Å². The first-order valence-electron chi connectivity index (χ1n) is 5.85. The molecule has 1 atom stereocenters. The van der Waals surface area contributed by atoms with E-state index >= 15 is 0 Å². The molecule has 1 nitrogen and oxygen atoms in total. The molecular formula is C13H17BrFN. The number of benzene rings is 1. The Labute approximate surface area is 105 Å². The summed E-state index contributed by atoms with van der Waals surface area (Å²) in [5, 5.41) is 0. The van der Waals surface area contributed by atoms with Gasteiger partial charge in [-0.2, -0.15) is 0 Å². The Balaban J connectivity index is 1.99. The molecule has 2 rings (SSSR count). The van der Waals surface area contributed by atoms with Crippen molar-refractivity contribution >= 4 is 15.9 Å². The molecule has 88 valence electrons. The molecule has 1 aromatic carbocycles. The molecule has 3 heteroatoms. The fraction of sp³-hybridized carbons (Fsp3) is 0.538. The van der Waals surface area contributed by atoms with Crippen LogP contribution >= 0.6 is 15.9 Å². The van der Waals surface area contributed by atoms with Crippen molar-refractivity contribution < 1.29 is 4.39 Å². The van der Waals surface area contributed by atoms with Crippen LogP contribution in [0.2, 0.25) is 0 Å². The first-order chi connectivity index (χ1) is 7.69. The minimum absolute atomic E-state index is 0.102. The Morgan fingerprint density at radius 1 is 1.50 bits per heavy atom. The topological polar surface area (TPSA) is 3.24 Å². The van der Waals surface area contributed by atoms with Crippen molar-refractivity contribution in [2.45, 2.75) is 26.3 Å². The van der Waals surface area contributed by atoms with Gasteiger partial charge >= 0.3 is 0 Å². The lowest BCUT2D eigenvalue weighted by Gasteiger charge is -2.16. The van der Waals surface area contributed by atoms with Crippen LogP contribution in [0.4, 0.5) is 4.39 Å². The standard InChI is InChI=1S/C13H17BrFN/c1-2-10-5-6-16(8-10)9-11-3-4-12(14)7-13(11)15/h3-4,7,10H,2,5-6,8-9H2,1H3. The van der Waals surface area contributed by atoms with E-state index in [1.54, 1.807) is 6.07 Å². The van der Waals surface area contributed by atoms with Gasteiger partial charge in [0.1, 0.15) is 5.82 Å². The van der Waals surface area contributed by atoms with E-state index < -0.39 is 0 Å². The molecule has 0 amide bonds. The molecule has 0 aliphatic carbocycles. The molecule has 1 unspecified atom stereocenters. The second-order valence-corrected chi connectivity index (χ2v) is 5.45. The zero-order chi connectivity index (χ0) is 11.5. The number of halogens is 2. The lowest BCUT2D eigenvalue weighted by Crippen LogP contribution is -2.20. The van der Waals surface area contributed by atoms with Gasteiger partial charge < -0.3 is 0 Å². The van der Waals surface area contributed by atoms with Crippen molar-refractivity contribution in [3.8, 4) is 0 Å². The van der Waals surface area contributed by atoms with Gasteiger partial charge in [-0.05, 0) is 31.0 Å². The molecule has 1 fully saturated rings. The number of hydrogen-bond acceptors (Lipinski definition) is 1. The summed E-state index contributed by atoms with van der Waals surface area (Å²) in [5.41, 5.74) is 0.806. The molecule has 0 bridgehead atoms. The summed E-state index contributed by atoms with van der Waals surface area (Å²) >= 11 is 3.28. The molecule has 1 aromatic rings. The highest BCUT2D eigenvalue weighted by Crippen LogP contribution is 2.23. The van der Waals surface area contributed by atoms with E-state index in [0.29, 0.717) is 0 Å². The molecule has 1 aliphatic heterocycles. The maximum atomic E-state index is 13.6. The molecule has 1 saturated heterocycles. The van der Waals surface area contributed by atoms with E-state index in [1.807, 2.05) is 12.1 Å². The Morgan fingerprint density at radius 2 is 2.31 bits per heavy atom. The van der Waals surface area contributed by atoms with Crippen molar-refractivity contribution in [2.75, 3.05) is 13.1 Å². The predicted molar refractivity (Wildman–Crippen MR) is 67.8 cm³/mol. The molecule has 0 radical (unpaired) electrons. The van der Waals surface area contributed by atoms with E-state index in [-0.39, 0.29) is 5.82 Å². The average molecular weight is 286 g/mol. The lowest BCUT2D eigenvalue weighted by molar-refractivity contribution is 0.310. The first kappa shape index (κ1) is 12.1. The Kier molecular flexibility index (Phi) is 3.98. The minimum atomic E-state index is -0.102. The fourth-order valence-corrected chi connectivity index (χ4v) is 2.61. The summed E-state index contributed by atoms with van der Waals surface area (Å²) in [6.07, 6.45) is 2.49. The number of nitrogens with zero attached hydrogens (tertiary/aromatic N) is 1. The van der Waals surface area contributed by atoms with Gasteiger partial charge in [0.05, 0.1) is 0 Å². The molecule has 1 aliphatic rings. The predicted octanol–water partition coefficient (Wildman–Crippen LogP) is 3.82. The maximum absolute atomic E-state index is 13.6. The quantitative estimate of drug-likeness (QED) is 0.816. The van der Waals surface area contributed by atoms with E-state index in [2.05, 4.69) is 27.8 Å². The average Bonchev–Trinajstić information content (AvgIpc) is 2.70. The highest BCUT2D eigenvalue weighted by atomic mass is 79.9. The summed E-state index contributed by atoms with van der Waals surface area (Å²) in [6, 6.07) is 5.33. The van der Waals surface area contributed by atoms with Crippen molar-refractivity contribution in [2.24, 2.45) is 5.92 Å². The summed E-state index contributed by atoms with van der Waals surface area (Å²) in [6.45, 7) is 5.20. The molecule has 0 spiro atoms. The van der Waals surface area contributed by atoms with E-state index in [0.717, 1.165) is 35.6 Å². The molecular weight excluding hydrogens is 269 g/mol. The smallest absolute Gasteiger partial charge is 0.128 e. The van der Waals surface area contributed by atoms with Gasteiger partial charge in [-0.3, -0.25) is 4.90 Å². The monoisotopic (exact) mass is 285 g/mol. The van der Waals surface area contributed by atoms with Gasteiger partial charge in [-0.25, -0.2) is 4.39 Å². The van der Waals surface area contributed by atoms with E-state index in [9.17, 15) is 4.39 Å². The highest BCUT2D eigenvalue weighted by Gasteiger charge is 2.21. The Hall–Kier alpha value is -0.410. The maximum Gasteiger partial charge on any atom is 0.128 e. The third-order valence-electron chi connectivity index (χ3n) is 3.36. The van der Waals surface area contributed by atoms with Crippen LogP contribution in [0, 0.1) is 11.7 Å². The number of hydrogen-bond donors (Lipinski definition) is 0. The van der Waals surface area contributed by atoms with Crippen molar-refractivity contribution in [1.82, 2.24) is 4.90 Å². The number of likely N-dealkylation sites (tertiary alicyclic amines) is 1. The summed E-state index contributed by atoms with van der Waals surface area (Å²) in [7, 11) is 0.